The Bertz CT molecular complexity index is 1080. The summed E-state index contributed by atoms with van der Waals surface area (Å²) >= 11 is 0. The lowest BCUT2D eigenvalue weighted by atomic mass is 10.0. The van der Waals surface area contributed by atoms with E-state index in [4.69, 9.17) is 9.72 Å². The van der Waals surface area contributed by atoms with E-state index in [1.165, 1.54) is 16.6 Å². The van der Waals surface area contributed by atoms with Crippen molar-refractivity contribution in [3.8, 4) is 5.75 Å². The minimum absolute atomic E-state index is 0.220. The van der Waals surface area contributed by atoms with Gasteiger partial charge in [-0.25, -0.2) is 4.98 Å². The maximum absolute atomic E-state index is 11.9. The van der Waals surface area contributed by atoms with Crippen LogP contribution >= 0.6 is 0 Å². The number of hydrogen-bond donors (Lipinski definition) is 1. The number of nitrogens with one attached hydrogen (secondary N) is 1. The first-order valence-corrected chi connectivity index (χ1v) is 12.5. The Morgan fingerprint density at radius 2 is 1.97 bits per heavy atom. The molecule has 0 saturated heterocycles. The maximum Gasteiger partial charge on any atom is 0.223 e. The van der Waals surface area contributed by atoms with Crippen molar-refractivity contribution in [1.82, 2.24) is 14.9 Å². The van der Waals surface area contributed by atoms with Crippen LogP contribution in [0.3, 0.4) is 0 Å². The van der Waals surface area contributed by atoms with Crippen molar-refractivity contribution in [3.05, 3.63) is 59.4 Å². The molecule has 1 N–H and O–H groups in total. The van der Waals surface area contributed by atoms with Gasteiger partial charge in [0, 0.05) is 25.4 Å². The van der Waals surface area contributed by atoms with Gasteiger partial charge in [0.05, 0.1) is 17.6 Å². The maximum atomic E-state index is 11.9. The van der Waals surface area contributed by atoms with Crippen LogP contribution < -0.4 is 10.1 Å². The largest absolute Gasteiger partial charge is 0.493 e. The number of aromatic nitrogens is 2. The highest BCUT2D eigenvalue weighted by Crippen LogP contribution is 2.29. The fraction of sp³-hybridized carbons (Fsp3) is 0.500. The van der Waals surface area contributed by atoms with E-state index in [1.54, 1.807) is 0 Å². The number of para-hydroxylation sites is 2. The van der Waals surface area contributed by atoms with E-state index in [0.29, 0.717) is 5.92 Å². The monoisotopic (exact) mass is 447 g/mol. The van der Waals surface area contributed by atoms with E-state index >= 15 is 0 Å². The van der Waals surface area contributed by atoms with Crippen molar-refractivity contribution in [2.24, 2.45) is 5.92 Å². The predicted octanol–water partition coefficient (Wildman–Crippen LogP) is 5.79. The van der Waals surface area contributed by atoms with Crippen LogP contribution in [-0.4, -0.2) is 28.6 Å². The molecule has 1 aromatic heterocycles. The van der Waals surface area contributed by atoms with E-state index in [1.807, 2.05) is 6.07 Å². The van der Waals surface area contributed by atoms with Gasteiger partial charge in [0.2, 0.25) is 5.91 Å². The van der Waals surface area contributed by atoms with Crippen LogP contribution in [0.15, 0.2) is 42.5 Å². The second-order valence-corrected chi connectivity index (χ2v) is 9.59. The van der Waals surface area contributed by atoms with E-state index < -0.39 is 0 Å². The van der Waals surface area contributed by atoms with Gasteiger partial charge in [0.1, 0.15) is 11.6 Å². The Labute approximate surface area is 197 Å². The molecule has 0 atom stereocenters. The van der Waals surface area contributed by atoms with Gasteiger partial charge in [-0.15, -0.1) is 0 Å². The molecule has 0 aliphatic heterocycles. The lowest BCUT2D eigenvalue weighted by Gasteiger charge is -2.15. The second-order valence-electron chi connectivity index (χ2n) is 9.59. The molecule has 5 nitrogen and oxygen atoms in total. The van der Waals surface area contributed by atoms with E-state index in [0.717, 1.165) is 75.3 Å². The van der Waals surface area contributed by atoms with Crippen LogP contribution in [0.2, 0.25) is 0 Å². The summed E-state index contributed by atoms with van der Waals surface area (Å²) in [6, 6.07) is 14.9. The number of nitrogens with zero attached hydrogens (tertiary/aromatic N) is 2. The minimum atomic E-state index is 0.220. The number of benzene rings is 2. The fourth-order valence-electron chi connectivity index (χ4n) is 4.31. The third kappa shape index (κ3) is 6.16. The Kier molecular flexibility index (Phi) is 7.69. The molecule has 0 bridgehead atoms. The molecule has 0 spiro atoms. The average molecular weight is 448 g/mol. The van der Waals surface area contributed by atoms with Gasteiger partial charge in [0.15, 0.2) is 0 Å². The van der Waals surface area contributed by atoms with Crippen molar-refractivity contribution in [2.45, 2.75) is 71.8 Å². The van der Waals surface area contributed by atoms with Crippen LogP contribution in [0.1, 0.15) is 68.8 Å². The van der Waals surface area contributed by atoms with Crippen molar-refractivity contribution < 1.29 is 9.53 Å². The zero-order valence-electron chi connectivity index (χ0n) is 20.3. The highest BCUT2D eigenvalue weighted by atomic mass is 16.5. The van der Waals surface area contributed by atoms with E-state index in [-0.39, 0.29) is 11.8 Å². The summed E-state index contributed by atoms with van der Waals surface area (Å²) in [7, 11) is 0. The van der Waals surface area contributed by atoms with E-state index in [2.05, 4.69) is 67.1 Å². The summed E-state index contributed by atoms with van der Waals surface area (Å²) in [5.74, 6) is 3.08. The molecular weight excluding hydrogens is 410 g/mol. The molecule has 1 fully saturated rings. The first kappa shape index (κ1) is 23.3. The highest BCUT2D eigenvalue weighted by Gasteiger charge is 2.29. The number of imidazole rings is 1. The van der Waals surface area contributed by atoms with Gasteiger partial charge in [-0.05, 0) is 74.3 Å². The Balaban J connectivity index is 1.31. The Morgan fingerprint density at radius 1 is 1.15 bits per heavy atom. The number of ether oxygens (including phenoxy) is 1. The Hall–Kier alpha value is -2.82. The summed E-state index contributed by atoms with van der Waals surface area (Å²) in [5, 5.41) is 3.07. The van der Waals surface area contributed by atoms with Gasteiger partial charge in [-0.2, -0.15) is 0 Å². The van der Waals surface area contributed by atoms with Gasteiger partial charge in [-0.1, -0.05) is 38.1 Å². The molecule has 5 heteroatoms. The SMILES string of the molecule is Cc1ccc(C(C)C)c(OCCCCn2c(CCCNC(=O)C3CC3)nc3ccccc32)c1. The lowest BCUT2D eigenvalue weighted by Crippen LogP contribution is -2.26. The third-order valence-corrected chi connectivity index (χ3v) is 6.38. The number of aryl methyl sites for hydroxylation is 3. The molecule has 3 aromatic rings. The van der Waals surface area contributed by atoms with Crippen LogP contribution in [0, 0.1) is 12.8 Å². The van der Waals surface area contributed by atoms with Crippen LogP contribution in [0.25, 0.3) is 11.0 Å². The van der Waals surface area contributed by atoms with Crippen LogP contribution in [0.4, 0.5) is 0 Å². The molecule has 0 radical (unpaired) electrons. The topological polar surface area (TPSA) is 56.1 Å². The van der Waals surface area contributed by atoms with E-state index in [9.17, 15) is 4.79 Å². The molecule has 0 unspecified atom stereocenters. The number of fused-ring (bicyclic) bond motifs is 1. The summed E-state index contributed by atoms with van der Waals surface area (Å²) < 4.78 is 8.53. The summed E-state index contributed by atoms with van der Waals surface area (Å²) in [4.78, 5) is 16.7. The lowest BCUT2D eigenvalue weighted by molar-refractivity contribution is -0.122. The second kappa shape index (κ2) is 10.9. The predicted molar refractivity (Wildman–Crippen MR) is 134 cm³/mol. The first-order valence-electron chi connectivity index (χ1n) is 12.5. The fourth-order valence-corrected chi connectivity index (χ4v) is 4.31. The van der Waals surface area contributed by atoms with Gasteiger partial charge >= 0.3 is 0 Å². The summed E-state index contributed by atoms with van der Waals surface area (Å²) in [5.41, 5.74) is 4.75. The van der Waals surface area contributed by atoms with Gasteiger partial charge < -0.3 is 14.6 Å². The zero-order chi connectivity index (χ0) is 23.2. The number of amides is 1. The quantitative estimate of drug-likeness (QED) is 0.358. The normalized spacial score (nSPS) is 13.6. The van der Waals surface area contributed by atoms with Crippen molar-refractivity contribution >= 4 is 16.9 Å². The average Bonchev–Trinajstić information content (AvgIpc) is 3.59. The highest BCUT2D eigenvalue weighted by molar-refractivity contribution is 5.80. The standard InChI is InChI=1S/C28H37N3O2/c1-20(2)23-15-12-21(3)19-26(23)33-18-7-6-17-31-25-10-5-4-9-24(25)30-27(31)11-8-16-29-28(32)22-13-14-22/h4-5,9-10,12,15,19-20,22H,6-8,11,13-14,16-18H2,1-3H3,(H,29,32). The smallest absolute Gasteiger partial charge is 0.223 e. The molecule has 1 aliphatic rings. The Morgan fingerprint density at radius 3 is 2.76 bits per heavy atom. The zero-order valence-corrected chi connectivity index (χ0v) is 20.3. The van der Waals surface area contributed by atoms with Gasteiger partial charge in [-0.3, -0.25) is 4.79 Å². The van der Waals surface area contributed by atoms with Crippen molar-refractivity contribution in [1.29, 1.82) is 0 Å². The summed E-state index contributed by atoms with van der Waals surface area (Å²) in [6.07, 6.45) is 5.92. The van der Waals surface area contributed by atoms with Gasteiger partial charge in [0.25, 0.3) is 0 Å². The van der Waals surface area contributed by atoms with Crippen LogP contribution in [-0.2, 0) is 17.8 Å². The molecule has 1 heterocycles. The molecule has 176 valence electrons. The molecule has 1 saturated carbocycles. The molecule has 1 amide bonds. The third-order valence-electron chi connectivity index (χ3n) is 6.38. The molecular formula is C28H37N3O2. The first-order chi connectivity index (χ1) is 16.0. The number of unbranched alkanes of at least 4 members (excludes halogenated alkanes) is 1. The molecule has 33 heavy (non-hydrogen) atoms. The minimum Gasteiger partial charge on any atom is -0.493 e. The van der Waals surface area contributed by atoms with Crippen LogP contribution in [0.5, 0.6) is 5.75 Å². The molecule has 2 aromatic carbocycles. The number of carbonyl (C=O) groups excluding carboxylic acids is 1. The summed E-state index contributed by atoms with van der Waals surface area (Å²) in [6.45, 7) is 8.90. The number of rotatable bonds is 12. The molecule has 1 aliphatic carbocycles. The number of hydrogen-bond acceptors (Lipinski definition) is 3. The van der Waals surface area contributed by atoms with Crippen molar-refractivity contribution in [2.75, 3.05) is 13.2 Å². The molecule has 4 rings (SSSR count). The van der Waals surface area contributed by atoms with Crippen molar-refractivity contribution in [3.63, 3.8) is 0 Å². The number of carbonyl (C=O) groups is 1.